The molecule has 2 aliphatic heterocycles. The Morgan fingerprint density at radius 3 is 2.67 bits per heavy atom. The predicted octanol–water partition coefficient (Wildman–Crippen LogP) is 2.21. The highest BCUT2D eigenvalue weighted by molar-refractivity contribution is 5.95. The smallest absolute Gasteiger partial charge is 0.227 e. The molecule has 1 unspecified atom stereocenters. The van der Waals surface area contributed by atoms with E-state index in [4.69, 9.17) is 0 Å². The monoisotopic (exact) mass is 371 g/mol. The fourth-order valence-corrected chi connectivity index (χ4v) is 3.94. The minimum atomic E-state index is 0.230. The topological polar surface area (TPSA) is 60.0 Å². The number of amides is 1. The summed E-state index contributed by atoms with van der Waals surface area (Å²) in [6, 6.07) is 8.23. The molecule has 2 saturated heterocycles. The molecule has 1 aromatic carbocycles. The van der Waals surface area contributed by atoms with Crippen LogP contribution in [0.2, 0.25) is 0 Å². The van der Waals surface area contributed by atoms with Gasteiger partial charge >= 0.3 is 0 Å². The quantitative estimate of drug-likeness (QED) is 0.595. The van der Waals surface area contributed by atoms with Gasteiger partial charge in [-0.2, -0.15) is 0 Å². The number of hydrogen-bond donors (Lipinski definition) is 2. The molecule has 148 valence electrons. The lowest BCUT2D eigenvalue weighted by Crippen LogP contribution is -2.43. The zero-order valence-electron chi connectivity index (χ0n) is 16.7. The lowest BCUT2D eigenvalue weighted by atomic mass is 10.0. The van der Waals surface area contributed by atoms with Gasteiger partial charge in [-0.1, -0.05) is 19.1 Å². The van der Waals surface area contributed by atoms with Gasteiger partial charge in [-0.05, 0) is 49.4 Å². The Bertz CT molecular complexity index is 642. The second-order valence-corrected chi connectivity index (χ2v) is 7.72. The molecule has 2 fully saturated rings. The van der Waals surface area contributed by atoms with E-state index in [-0.39, 0.29) is 5.91 Å². The first-order valence-electron chi connectivity index (χ1n) is 10.2. The van der Waals surface area contributed by atoms with Gasteiger partial charge in [-0.25, -0.2) is 0 Å². The molecule has 1 aromatic rings. The Morgan fingerprint density at radius 2 is 2.00 bits per heavy atom. The van der Waals surface area contributed by atoms with E-state index in [2.05, 4.69) is 39.6 Å². The van der Waals surface area contributed by atoms with Crippen molar-refractivity contribution in [1.82, 2.24) is 15.5 Å². The number of carbonyl (C=O) groups excluding carboxylic acids is 1. The Labute approximate surface area is 163 Å². The van der Waals surface area contributed by atoms with Gasteiger partial charge in [0.25, 0.3) is 0 Å². The van der Waals surface area contributed by atoms with Crippen molar-refractivity contribution in [2.24, 2.45) is 10.9 Å². The number of nitrogens with one attached hydrogen (secondary N) is 2. The number of piperidine rings is 1. The molecule has 0 saturated carbocycles. The van der Waals surface area contributed by atoms with Crippen LogP contribution in [0.25, 0.3) is 0 Å². The summed E-state index contributed by atoms with van der Waals surface area (Å²) in [5.41, 5.74) is 2.18. The molecule has 2 heterocycles. The van der Waals surface area contributed by atoms with Crippen molar-refractivity contribution in [1.29, 1.82) is 0 Å². The minimum Gasteiger partial charge on any atom is -0.355 e. The normalized spacial score (nSPS) is 21.6. The summed E-state index contributed by atoms with van der Waals surface area (Å²) in [6.07, 6.45) is 4.30. The van der Waals surface area contributed by atoms with Gasteiger partial charge in [0.1, 0.15) is 0 Å². The largest absolute Gasteiger partial charge is 0.355 e. The van der Waals surface area contributed by atoms with E-state index in [1.165, 1.54) is 31.5 Å². The highest BCUT2D eigenvalue weighted by Gasteiger charge is 2.21. The first-order valence-corrected chi connectivity index (χ1v) is 10.2. The van der Waals surface area contributed by atoms with E-state index in [9.17, 15) is 4.79 Å². The third-order valence-corrected chi connectivity index (χ3v) is 5.47. The van der Waals surface area contributed by atoms with Crippen LogP contribution in [-0.2, 0) is 11.3 Å². The van der Waals surface area contributed by atoms with Crippen LogP contribution < -0.4 is 15.5 Å². The Morgan fingerprint density at radius 1 is 1.19 bits per heavy atom. The molecule has 0 radical (unpaired) electrons. The number of hydrogen-bond acceptors (Lipinski definition) is 3. The molecule has 3 rings (SSSR count). The fourth-order valence-electron chi connectivity index (χ4n) is 3.94. The van der Waals surface area contributed by atoms with Gasteiger partial charge in [-0.3, -0.25) is 9.79 Å². The second-order valence-electron chi connectivity index (χ2n) is 7.72. The van der Waals surface area contributed by atoms with E-state index in [0.29, 0.717) is 13.0 Å². The summed E-state index contributed by atoms with van der Waals surface area (Å²) >= 11 is 0. The maximum absolute atomic E-state index is 11.8. The van der Waals surface area contributed by atoms with E-state index in [1.807, 2.05) is 17.0 Å². The van der Waals surface area contributed by atoms with Crippen molar-refractivity contribution in [2.75, 3.05) is 44.7 Å². The Balaban J connectivity index is 1.40. The van der Waals surface area contributed by atoms with E-state index in [1.54, 1.807) is 7.05 Å². The molecular formula is C21H33N5O. The van der Waals surface area contributed by atoms with Gasteiger partial charge in [0.2, 0.25) is 5.91 Å². The average molecular weight is 372 g/mol. The van der Waals surface area contributed by atoms with Gasteiger partial charge in [0.15, 0.2) is 5.96 Å². The van der Waals surface area contributed by atoms with E-state index < -0.39 is 0 Å². The first kappa shape index (κ1) is 19.7. The standard InChI is InChI=1S/C21H33N5O/c1-17-5-3-12-25(16-17)14-11-23-21(22-2)24-15-18-7-9-19(10-8-18)26-13-4-6-20(26)27/h7-10,17H,3-6,11-16H2,1-2H3,(H2,22,23,24). The molecule has 0 aliphatic carbocycles. The maximum Gasteiger partial charge on any atom is 0.227 e. The van der Waals surface area contributed by atoms with E-state index >= 15 is 0 Å². The lowest BCUT2D eigenvalue weighted by Gasteiger charge is -2.30. The molecule has 1 amide bonds. The van der Waals surface area contributed by atoms with Crippen molar-refractivity contribution in [2.45, 2.75) is 39.2 Å². The third-order valence-electron chi connectivity index (χ3n) is 5.47. The summed E-state index contributed by atoms with van der Waals surface area (Å²) in [6.45, 7) is 8.28. The molecular weight excluding hydrogens is 338 g/mol. The zero-order chi connectivity index (χ0) is 19.1. The number of likely N-dealkylation sites (tertiary alicyclic amines) is 1. The number of guanidine groups is 1. The van der Waals surface area contributed by atoms with Crippen LogP contribution in [0, 0.1) is 5.92 Å². The van der Waals surface area contributed by atoms with Crippen LogP contribution >= 0.6 is 0 Å². The van der Waals surface area contributed by atoms with Crippen LogP contribution in [0.4, 0.5) is 5.69 Å². The van der Waals surface area contributed by atoms with Crippen LogP contribution in [0.3, 0.4) is 0 Å². The van der Waals surface area contributed by atoms with Gasteiger partial charge in [0.05, 0.1) is 0 Å². The highest BCUT2D eigenvalue weighted by Crippen LogP contribution is 2.21. The molecule has 0 spiro atoms. The van der Waals surface area contributed by atoms with Crippen molar-refractivity contribution in [3.63, 3.8) is 0 Å². The van der Waals surface area contributed by atoms with Crippen molar-refractivity contribution < 1.29 is 4.79 Å². The average Bonchev–Trinajstić information content (AvgIpc) is 3.11. The van der Waals surface area contributed by atoms with Crippen molar-refractivity contribution in [3.8, 4) is 0 Å². The summed E-state index contributed by atoms with van der Waals surface area (Å²) in [7, 11) is 1.81. The molecule has 6 heteroatoms. The fraction of sp³-hybridized carbons (Fsp3) is 0.619. The SMILES string of the molecule is CN=C(NCCN1CCCC(C)C1)NCc1ccc(N2CCCC2=O)cc1. The first-order chi connectivity index (χ1) is 13.2. The highest BCUT2D eigenvalue weighted by atomic mass is 16.2. The Hall–Kier alpha value is -2.08. The summed E-state index contributed by atoms with van der Waals surface area (Å²) in [5, 5.41) is 6.78. The third kappa shape index (κ3) is 5.70. The number of carbonyl (C=O) groups is 1. The molecule has 0 aromatic heterocycles. The summed E-state index contributed by atoms with van der Waals surface area (Å²) in [4.78, 5) is 20.6. The predicted molar refractivity (Wildman–Crippen MR) is 111 cm³/mol. The number of anilines is 1. The molecule has 1 atom stereocenters. The van der Waals surface area contributed by atoms with Crippen molar-refractivity contribution >= 4 is 17.6 Å². The van der Waals surface area contributed by atoms with Crippen LogP contribution in [0.5, 0.6) is 0 Å². The molecule has 2 aliphatic rings. The second kappa shape index (κ2) is 9.74. The number of rotatable bonds is 6. The van der Waals surface area contributed by atoms with Crippen molar-refractivity contribution in [3.05, 3.63) is 29.8 Å². The summed E-state index contributed by atoms with van der Waals surface area (Å²) < 4.78 is 0. The van der Waals surface area contributed by atoms with Crippen LogP contribution in [0.15, 0.2) is 29.3 Å². The zero-order valence-corrected chi connectivity index (χ0v) is 16.7. The maximum atomic E-state index is 11.8. The summed E-state index contributed by atoms with van der Waals surface area (Å²) in [5.74, 6) is 1.88. The lowest BCUT2D eigenvalue weighted by molar-refractivity contribution is -0.117. The Kier molecular flexibility index (Phi) is 7.10. The minimum absolute atomic E-state index is 0.230. The molecule has 6 nitrogen and oxygen atoms in total. The molecule has 27 heavy (non-hydrogen) atoms. The van der Waals surface area contributed by atoms with Gasteiger partial charge < -0.3 is 20.4 Å². The molecule has 2 N–H and O–H groups in total. The van der Waals surface area contributed by atoms with Gasteiger partial charge in [-0.15, -0.1) is 0 Å². The number of aliphatic imine (C=N–C) groups is 1. The van der Waals surface area contributed by atoms with Gasteiger partial charge in [0, 0.05) is 51.9 Å². The van der Waals surface area contributed by atoms with Crippen LogP contribution in [-0.4, -0.2) is 56.5 Å². The number of nitrogens with zero attached hydrogens (tertiary/aromatic N) is 3. The number of benzene rings is 1. The van der Waals surface area contributed by atoms with Crippen LogP contribution in [0.1, 0.15) is 38.2 Å². The van der Waals surface area contributed by atoms with E-state index in [0.717, 1.165) is 43.6 Å². The molecule has 0 bridgehead atoms.